The second kappa shape index (κ2) is 9.82. The summed E-state index contributed by atoms with van der Waals surface area (Å²) in [6.07, 6.45) is 4.93. The van der Waals surface area contributed by atoms with Crippen LogP contribution in [0, 0.1) is 0 Å². The summed E-state index contributed by atoms with van der Waals surface area (Å²) in [5.74, 6) is -2.26. The number of amides is 2. The number of hydrogen-bond donors (Lipinski definition) is 2. The number of pyridine rings is 1. The lowest BCUT2D eigenvalue weighted by Crippen LogP contribution is -2.71. The number of aromatic nitrogens is 2. The highest BCUT2D eigenvalue weighted by Gasteiger charge is 2.53. The lowest BCUT2D eigenvalue weighted by molar-refractivity contribution is -0.696. The van der Waals surface area contributed by atoms with E-state index in [-0.39, 0.29) is 22.2 Å². The normalized spacial score (nSPS) is 21.1. The number of rotatable bonds is 7. The number of nitrogens with zero attached hydrogens (tertiary/aromatic N) is 4. The summed E-state index contributed by atoms with van der Waals surface area (Å²) >= 11 is 5.80. The molecule has 3 aliphatic rings. The van der Waals surface area contributed by atoms with Gasteiger partial charge in [-0.2, -0.15) is 4.57 Å². The van der Waals surface area contributed by atoms with E-state index in [0.29, 0.717) is 21.7 Å². The number of aliphatic carboxylic acids is 1. The van der Waals surface area contributed by atoms with Crippen LogP contribution in [0.5, 0.6) is 0 Å². The fourth-order valence-corrected chi connectivity index (χ4v) is 7.38. The standard InChI is InChI=1S/C22H21BrN6O5S2/c1-34-27-14(13-17(23)36-22(24)26-13)18(30)25-15-19(31)29-16(21(32)33)11(9-35-20(15)29)8-28-7-3-5-10-4-2-6-12(10)28/h3,5,7,15,20H,2,4,6,8-9H2,1H3,(H3-,24,25,26,30,32,33)/b27-14+/t15-,20-/m1/s1. The molecular formula is C22H21BrN6O5S2. The second-order valence-electron chi connectivity index (χ2n) is 8.36. The number of carbonyl (C=O) groups is 3. The molecule has 5 rings (SSSR count). The number of nitrogens with two attached hydrogens (primary N) is 1. The van der Waals surface area contributed by atoms with E-state index in [4.69, 9.17) is 10.6 Å². The summed E-state index contributed by atoms with van der Waals surface area (Å²) in [4.78, 5) is 48.3. The summed E-state index contributed by atoms with van der Waals surface area (Å²) in [5, 5.41) is 18.2. The Kier molecular flexibility index (Phi) is 6.74. The number of carbonyl (C=O) groups excluding carboxylic acids is 3. The topological polar surface area (TPSA) is 154 Å². The van der Waals surface area contributed by atoms with E-state index in [2.05, 4.69) is 42.0 Å². The van der Waals surface area contributed by atoms with Crippen LogP contribution < -0.4 is 20.7 Å². The van der Waals surface area contributed by atoms with Crippen molar-refractivity contribution in [1.82, 2.24) is 15.2 Å². The van der Waals surface area contributed by atoms with Crippen LogP contribution in [0.1, 0.15) is 23.4 Å². The maximum Gasteiger partial charge on any atom is 0.276 e. The molecule has 1 fully saturated rings. The zero-order valence-electron chi connectivity index (χ0n) is 19.0. The first-order valence-corrected chi connectivity index (χ1v) is 13.7. The maximum atomic E-state index is 13.1. The third kappa shape index (κ3) is 4.26. The van der Waals surface area contributed by atoms with Gasteiger partial charge in [0.25, 0.3) is 11.8 Å². The van der Waals surface area contributed by atoms with Gasteiger partial charge in [-0.25, -0.2) is 4.98 Å². The fourth-order valence-electron chi connectivity index (χ4n) is 4.72. The molecule has 14 heteroatoms. The Morgan fingerprint density at radius 1 is 1.44 bits per heavy atom. The number of thiazole rings is 1. The van der Waals surface area contributed by atoms with Gasteiger partial charge in [0.15, 0.2) is 29.3 Å². The number of carboxylic acids is 1. The first-order valence-electron chi connectivity index (χ1n) is 11.0. The molecule has 0 radical (unpaired) electrons. The number of fused-ring (bicyclic) bond motifs is 2. The van der Waals surface area contributed by atoms with Gasteiger partial charge >= 0.3 is 0 Å². The molecule has 1 aliphatic carbocycles. The third-order valence-electron chi connectivity index (χ3n) is 6.25. The number of aryl methyl sites for hydroxylation is 1. The number of oxime groups is 1. The molecule has 0 unspecified atom stereocenters. The maximum absolute atomic E-state index is 13.1. The first kappa shape index (κ1) is 24.7. The van der Waals surface area contributed by atoms with E-state index in [1.165, 1.54) is 35.0 Å². The van der Waals surface area contributed by atoms with Crippen molar-refractivity contribution < 1.29 is 28.9 Å². The van der Waals surface area contributed by atoms with E-state index in [9.17, 15) is 19.5 Å². The predicted octanol–water partition coefficient (Wildman–Crippen LogP) is -0.281. The van der Waals surface area contributed by atoms with Crippen molar-refractivity contribution in [2.75, 3.05) is 18.6 Å². The van der Waals surface area contributed by atoms with E-state index >= 15 is 0 Å². The van der Waals surface area contributed by atoms with Crippen molar-refractivity contribution in [3.63, 3.8) is 0 Å². The van der Waals surface area contributed by atoms with Gasteiger partial charge in [0.1, 0.15) is 28.0 Å². The van der Waals surface area contributed by atoms with Crippen LogP contribution in [-0.2, 0) is 38.6 Å². The summed E-state index contributed by atoms with van der Waals surface area (Å²) in [6.45, 7) is 0.358. The number of carboxylic acid groups (broad SMARTS) is 1. The number of hydrogen-bond acceptors (Lipinski definition) is 10. The minimum Gasteiger partial charge on any atom is -0.543 e. The molecule has 2 atom stereocenters. The van der Waals surface area contributed by atoms with Crippen LogP contribution in [0.15, 0.2) is 38.5 Å². The van der Waals surface area contributed by atoms with E-state index < -0.39 is 29.2 Å². The van der Waals surface area contributed by atoms with Crippen molar-refractivity contribution in [2.24, 2.45) is 5.16 Å². The highest BCUT2D eigenvalue weighted by molar-refractivity contribution is 9.11. The zero-order valence-corrected chi connectivity index (χ0v) is 22.2. The summed E-state index contributed by atoms with van der Waals surface area (Å²) in [6, 6.07) is 3.10. The molecule has 0 aromatic carbocycles. The molecule has 0 saturated carbocycles. The number of halogens is 1. The smallest absolute Gasteiger partial charge is 0.276 e. The molecule has 36 heavy (non-hydrogen) atoms. The Bertz CT molecular complexity index is 1340. The van der Waals surface area contributed by atoms with Crippen LogP contribution in [0.2, 0.25) is 0 Å². The van der Waals surface area contributed by atoms with Crippen LogP contribution in [0.4, 0.5) is 5.13 Å². The molecule has 0 bridgehead atoms. The highest BCUT2D eigenvalue weighted by Crippen LogP contribution is 2.40. The molecule has 2 aliphatic heterocycles. The Balaban J connectivity index is 1.37. The minimum absolute atomic E-state index is 0.127. The van der Waals surface area contributed by atoms with Gasteiger partial charge in [-0.1, -0.05) is 16.5 Å². The van der Waals surface area contributed by atoms with Crippen molar-refractivity contribution in [3.05, 3.63) is 50.3 Å². The monoisotopic (exact) mass is 592 g/mol. The highest BCUT2D eigenvalue weighted by atomic mass is 79.9. The Morgan fingerprint density at radius 2 is 2.25 bits per heavy atom. The Hall–Kier alpha value is -2.97. The number of anilines is 1. The minimum atomic E-state index is -1.41. The predicted molar refractivity (Wildman–Crippen MR) is 133 cm³/mol. The average molecular weight is 593 g/mol. The van der Waals surface area contributed by atoms with Crippen molar-refractivity contribution in [3.8, 4) is 0 Å². The SMILES string of the molecule is CO/N=C(/C(=O)N[C@@H]1C(=O)N2C(C(=O)[O-])=C(C[n+]3cccc4c3CCC4)CS[C@H]12)c1nc(N)sc1Br. The van der Waals surface area contributed by atoms with Crippen molar-refractivity contribution >= 4 is 67.7 Å². The quantitative estimate of drug-likeness (QED) is 0.192. The van der Waals surface area contributed by atoms with Crippen LogP contribution >= 0.6 is 39.0 Å². The average Bonchev–Trinajstić information content (AvgIpc) is 3.46. The molecule has 2 aromatic rings. The number of nitrogens with one attached hydrogen (secondary N) is 1. The Labute approximate surface area is 222 Å². The molecule has 1 saturated heterocycles. The van der Waals surface area contributed by atoms with Gasteiger partial charge < -0.3 is 25.8 Å². The van der Waals surface area contributed by atoms with E-state index in [1.54, 1.807) is 0 Å². The third-order valence-corrected chi connectivity index (χ3v) is 9.13. The molecule has 11 nitrogen and oxygen atoms in total. The lowest BCUT2D eigenvalue weighted by Gasteiger charge is -2.50. The summed E-state index contributed by atoms with van der Waals surface area (Å²) < 4.78 is 2.53. The summed E-state index contributed by atoms with van der Waals surface area (Å²) in [7, 11) is 1.28. The molecule has 2 aromatic heterocycles. The van der Waals surface area contributed by atoms with Gasteiger partial charge in [0.05, 0.1) is 11.7 Å². The molecular weight excluding hydrogens is 572 g/mol. The van der Waals surface area contributed by atoms with Gasteiger partial charge in [-0.3, -0.25) is 14.5 Å². The summed E-state index contributed by atoms with van der Waals surface area (Å²) in [5.41, 5.74) is 8.67. The van der Waals surface area contributed by atoms with Gasteiger partial charge in [-0.05, 0) is 34.8 Å². The number of thioether (sulfide) groups is 1. The van der Waals surface area contributed by atoms with Crippen molar-refractivity contribution in [1.29, 1.82) is 0 Å². The van der Waals surface area contributed by atoms with Gasteiger partial charge in [-0.15, -0.1) is 11.8 Å². The van der Waals surface area contributed by atoms with Gasteiger partial charge in [0.2, 0.25) is 0 Å². The van der Waals surface area contributed by atoms with Crippen molar-refractivity contribution in [2.45, 2.75) is 37.2 Å². The molecule has 0 spiro atoms. The van der Waals surface area contributed by atoms with E-state index in [0.717, 1.165) is 30.6 Å². The van der Waals surface area contributed by atoms with Crippen LogP contribution in [-0.4, -0.2) is 57.7 Å². The number of β-lactam (4-membered cyclic amide) rings is 1. The van der Waals surface area contributed by atoms with E-state index in [1.807, 2.05) is 12.3 Å². The molecule has 4 heterocycles. The van der Waals surface area contributed by atoms with Crippen LogP contribution in [0.25, 0.3) is 0 Å². The Morgan fingerprint density at radius 3 is 2.94 bits per heavy atom. The fraction of sp³-hybridized carbons (Fsp3) is 0.364. The second-order valence-corrected chi connectivity index (χ2v) is 11.8. The molecule has 2 amide bonds. The number of nitrogen functional groups attached to an aromatic ring is 1. The van der Waals surface area contributed by atoms with Crippen LogP contribution in [0.3, 0.4) is 0 Å². The van der Waals surface area contributed by atoms with Gasteiger partial charge in [0, 0.05) is 29.4 Å². The first-order chi connectivity index (χ1) is 17.3. The molecule has 188 valence electrons. The zero-order chi connectivity index (χ0) is 25.6. The largest absolute Gasteiger partial charge is 0.543 e. The lowest BCUT2D eigenvalue weighted by atomic mass is 10.0. The molecule has 3 N–H and O–H groups in total.